The number of esters is 1. The highest BCUT2D eigenvalue weighted by Gasteiger charge is 2.26. The summed E-state index contributed by atoms with van der Waals surface area (Å²) in [5.41, 5.74) is 6.03. The number of carboxylic acid groups (broad SMARTS) is 1. The van der Waals surface area contributed by atoms with Crippen molar-refractivity contribution in [2.75, 3.05) is 18.1 Å². The van der Waals surface area contributed by atoms with Gasteiger partial charge in [0, 0.05) is 5.69 Å². The Balaban J connectivity index is 2.91. The maximum absolute atomic E-state index is 12.3. The smallest absolute Gasteiger partial charge is 0.326 e. The van der Waals surface area contributed by atoms with Gasteiger partial charge in [-0.05, 0) is 12.1 Å². The Kier molecular flexibility index (Phi) is 6.78. The van der Waals surface area contributed by atoms with Gasteiger partial charge in [-0.2, -0.15) is 0 Å². The molecule has 0 saturated heterocycles. The number of para-hydroxylation sites is 1. The summed E-state index contributed by atoms with van der Waals surface area (Å²) < 4.78 is 4.85. The summed E-state index contributed by atoms with van der Waals surface area (Å²) >= 11 is 0. The number of anilines is 1. The Labute approximate surface area is 128 Å². The van der Waals surface area contributed by atoms with Gasteiger partial charge >= 0.3 is 11.9 Å². The minimum atomic E-state index is -1.25. The molecule has 1 aromatic carbocycles. The fraction of sp³-hybridized carbons (Fsp3) is 0.267. The van der Waals surface area contributed by atoms with Crippen molar-refractivity contribution >= 4 is 23.5 Å². The van der Waals surface area contributed by atoms with Gasteiger partial charge in [0.25, 0.3) is 0 Å². The molecule has 0 aliphatic heterocycles. The van der Waals surface area contributed by atoms with Crippen LogP contribution in [0.2, 0.25) is 0 Å². The van der Waals surface area contributed by atoms with Crippen LogP contribution in [0.3, 0.4) is 0 Å². The molecule has 0 fully saturated rings. The molecule has 1 aromatic rings. The molecule has 1 amide bonds. The molecule has 1 rings (SSSR count). The Morgan fingerprint density at radius 2 is 1.95 bits per heavy atom. The van der Waals surface area contributed by atoms with E-state index in [0.717, 1.165) is 4.90 Å². The van der Waals surface area contributed by atoms with Crippen LogP contribution in [0, 0.1) is 0 Å². The van der Waals surface area contributed by atoms with Gasteiger partial charge < -0.3 is 15.6 Å². The normalized spacial score (nSPS) is 11.3. The van der Waals surface area contributed by atoms with Gasteiger partial charge in [0.15, 0.2) is 0 Å². The number of aliphatic carboxylic acids is 1. The van der Waals surface area contributed by atoms with Crippen molar-refractivity contribution < 1.29 is 24.2 Å². The second-order valence-electron chi connectivity index (χ2n) is 4.44. The largest absolute Gasteiger partial charge is 0.481 e. The number of amides is 1. The molecule has 0 aliphatic rings. The lowest BCUT2D eigenvalue weighted by atomic mass is 10.1. The van der Waals surface area contributed by atoms with Crippen LogP contribution in [0.15, 0.2) is 43.0 Å². The monoisotopic (exact) mass is 306 g/mol. The Morgan fingerprint density at radius 3 is 2.50 bits per heavy atom. The number of hydrogen-bond acceptors (Lipinski definition) is 5. The predicted octanol–water partition coefficient (Wildman–Crippen LogP) is 0.551. The molecule has 0 bridgehead atoms. The highest BCUT2D eigenvalue weighted by molar-refractivity contribution is 6.01. The van der Waals surface area contributed by atoms with Gasteiger partial charge in [-0.3, -0.25) is 19.3 Å². The van der Waals surface area contributed by atoms with Crippen LogP contribution in [0.25, 0.3) is 0 Å². The molecule has 0 heterocycles. The van der Waals surface area contributed by atoms with Gasteiger partial charge in [0.2, 0.25) is 5.91 Å². The van der Waals surface area contributed by atoms with Gasteiger partial charge in [-0.25, -0.2) is 0 Å². The molecular weight excluding hydrogens is 288 g/mol. The lowest BCUT2D eigenvalue weighted by Crippen LogP contribution is -2.47. The molecule has 0 spiro atoms. The maximum Gasteiger partial charge on any atom is 0.326 e. The summed E-state index contributed by atoms with van der Waals surface area (Å²) in [6, 6.07) is 7.11. The van der Waals surface area contributed by atoms with Crippen molar-refractivity contribution in [3.05, 3.63) is 43.0 Å². The van der Waals surface area contributed by atoms with E-state index in [0.29, 0.717) is 5.69 Å². The number of nitrogens with zero attached hydrogens (tertiary/aromatic N) is 1. The summed E-state index contributed by atoms with van der Waals surface area (Å²) in [5, 5.41) is 8.73. The molecule has 0 radical (unpaired) electrons. The lowest BCUT2D eigenvalue weighted by molar-refractivity contribution is -0.141. The summed E-state index contributed by atoms with van der Waals surface area (Å²) in [4.78, 5) is 35.8. The lowest BCUT2D eigenvalue weighted by Gasteiger charge is -2.24. The van der Waals surface area contributed by atoms with Crippen molar-refractivity contribution in [2.24, 2.45) is 5.73 Å². The topological polar surface area (TPSA) is 110 Å². The Hall–Kier alpha value is -2.67. The average Bonchev–Trinajstić information content (AvgIpc) is 2.50. The first-order valence-corrected chi connectivity index (χ1v) is 6.56. The van der Waals surface area contributed by atoms with Crippen molar-refractivity contribution in [2.45, 2.75) is 12.5 Å². The summed E-state index contributed by atoms with van der Waals surface area (Å²) in [6.07, 6.45) is 0.882. The summed E-state index contributed by atoms with van der Waals surface area (Å²) in [5.74, 6) is -2.49. The number of rotatable bonds is 8. The number of ether oxygens (including phenoxy) is 1. The summed E-state index contributed by atoms with van der Waals surface area (Å²) in [6.45, 7) is 3.09. The zero-order chi connectivity index (χ0) is 16.5. The fourth-order valence-corrected chi connectivity index (χ4v) is 1.71. The van der Waals surface area contributed by atoms with Crippen LogP contribution in [-0.4, -0.2) is 42.1 Å². The van der Waals surface area contributed by atoms with E-state index < -0.39 is 30.3 Å². The molecular formula is C15H18N2O5. The fourth-order valence-electron chi connectivity index (χ4n) is 1.71. The van der Waals surface area contributed by atoms with Crippen LogP contribution < -0.4 is 10.6 Å². The van der Waals surface area contributed by atoms with Gasteiger partial charge in [-0.15, -0.1) is 0 Å². The molecule has 0 aromatic heterocycles. The summed E-state index contributed by atoms with van der Waals surface area (Å²) in [7, 11) is 0. The number of carbonyl (C=O) groups excluding carboxylic acids is 2. The third kappa shape index (κ3) is 5.37. The quantitative estimate of drug-likeness (QED) is 0.536. The third-order valence-corrected chi connectivity index (χ3v) is 2.70. The third-order valence-electron chi connectivity index (χ3n) is 2.70. The van der Waals surface area contributed by atoms with Crippen LogP contribution in [0.1, 0.15) is 6.42 Å². The standard InChI is InChI=1S/C15H18N2O5/c1-2-8-22-14(20)10-17(11-6-4-3-5-7-11)15(21)12(16)9-13(18)19/h2-7,12H,1,8-10,16H2,(H,18,19)/t12-/m0/s1. The van der Waals surface area contributed by atoms with Gasteiger partial charge in [-0.1, -0.05) is 30.9 Å². The minimum absolute atomic E-state index is 0.0246. The van der Waals surface area contributed by atoms with E-state index in [1.165, 1.54) is 6.08 Å². The zero-order valence-electron chi connectivity index (χ0n) is 12.0. The van der Waals surface area contributed by atoms with Gasteiger partial charge in [0.1, 0.15) is 13.2 Å². The number of nitrogens with two attached hydrogens (primary N) is 1. The molecule has 7 heteroatoms. The molecule has 7 nitrogen and oxygen atoms in total. The first-order valence-electron chi connectivity index (χ1n) is 6.56. The molecule has 22 heavy (non-hydrogen) atoms. The van der Waals surface area contributed by atoms with E-state index in [1.807, 2.05) is 0 Å². The van der Waals surface area contributed by atoms with Gasteiger partial charge in [0.05, 0.1) is 12.5 Å². The van der Waals surface area contributed by atoms with Crippen molar-refractivity contribution in [1.29, 1.82) is 0 Å². The number of carbonyl (C=O) groups is 3. The zero-order valence-corrected chi connectivity index (χ0v) is 12.0. The number of carboxylic acids is 1. The average molecular weight is 306 g/mol. The number of hydrogen-bond donors (Lipinski definition) is 2. The molecule has 3 N–H and O–H groups in total. The molecule has 0 unspecified atom stereocenters. The van der Waals surface area contributed by atoms with E-state index in [1.54, 1.807) is 30.3 Å². The maximum atomic E-state index is 12.3. The molecule has 0 aliphatic carbocycles. The van der Waals surface area contributed by atoms with Crippen LogP contribution >= 0.6 is 0 Å². The van der Waals surface area contributed by atoms with E-state index in [2.05, 4.69) is 6.58 Å². The SMILES string of the molecule is C=CCOC(=O)CN(C(=O)[C@@H](N)CC(=O)O)c1ccccc1. The number of benzene rings is 1. The first kappa shape index (κ1) is 17.4. The predicted molar refractivity (Wildman–Crippen MR) is 80.2 cm³/mol. The van der Waals surface area contributed by atoms with E-state index in [4.69, 9.17) is 15.6 Å². The van der Waals surface area contributed by atoms with E-state index >= 15 is 0 Å². The van der Waals surface area contributed by atoms with Crippen LogP contribution in [0.4, 0.5) is 5.69 Å². The highest BCUT2D eigenvalue weighted by atomic mass is 16.5. The minimum Gasteiger partial charge on any atom is -0.481 e. The Morgan fingerprint density at radius 1 is 1.32 bits per heavy atom. The molecule has 0 saturated carbocycles. The Bertz CT molecular complexity index is 544. The van der Waals surface area contributed by atoms with Crippen molar-refractivity contribution in [1.82, 2.24) is 0 Å². The highest BCUT2D eigenvalue weighted by Crippen LogP contribution is 2.15. The first-order chi connectivity index (χ1) is 10.5. The van der Waals surface area contributed by atoms with Crippen LogP contribution in [0.5, 0.6) is 0 Å². The van der Waals surface area contributed by atoms with Crippen molar-refractivity contribution in [3.63, 3.8) is 0 Å². The van der Waals surface area contributed by atoms with Crippen LogP contribution in [-0.2, 0) is 19.1 Å². The van der Waals surface area contributed by atoms with E-state index in [9.17, 15) is 14.4 Å². The molecule has 1 atom stereocenters. The van der Waals surface area contributed by atoms with E-state index in [-0.39, 0.29) is 13.2 Å². The van der Waals surface area contributed by atoms with Crippen molar-refractivity contribution in [3.8, 4) is 0 Å². The second kappa shape index (κ2) is 8.58. The molecule has 118 valence electrons. The second-order valence-corrected chi connectivity index (χ2v) is 4.44.